The second-order valence-electron chi connectivity index (χ2n) is 13.8. The second-order valence-corrected chi connectivity index (χ2v) is 14.9. The van der Waals surface area contributed by atoms with E-state index >= 15 is 0 Å². The highest BCUT2D eigenvalue weighted by Crippen LogP contribution is 2.59. The molecule has 4 N–H and O–H groups in total. The second kappa shape index (κ2) is 15.2. The van der Waals surface area contributed by atoms with E-state index in [0.717, 1.165) is 53.3 Å². The van der Waals surface area contributed by atoms with E-state index in [9.17, 15) is 25.2 Å². The van der Waals surface area contributed by atoms with Crippen LogP contribution < -0.4 is 0 Å². The molecule has 5 atom stereocenters. The molecule has 0 aliphatic heterocycles. The summed E-state index contributed by atoms with van der Waals surface area (Å²) in [6, 6.07) is 16.2. The Balaban J connectivity index is 1.58. The molecule has 0 radical (unpaired) electrons. The number of fused-ring (bicyclic) bond motifs is 9. The number of thiophene rings is 1. The lowest BCUT2D eigenvalue weighted by atomic mass is 9.64. The Bertz CT molecular complexity index is 1480. The van der Waals surface area contributed by atoms with Gasteiger partial charge >= 0.3 is 0 Å². The number of carbonyl (C=O) groups is 1. The van der Waals surface area contributed by atoms with E-state index in [1.54, 1.807) is 7.11 Å². The molecule has 3 aliphatic rings. The predicted octanol–water partition coefficient (Wildman–Crippen LogP) is 5.86. The third kappa shape index (κ3) is 7.65. The Morgan fingerprint density at radius 3 is 2.72 bits per heavy atom. The minimum atomic E-state index is -1.09. The molecule has 46 heavy (non-hydrogen) atoms. The first kappa shape index (κ1) is 34.9. The maximum absolute atomic E-state index is 14.4. The summed E-state index contributed by atoms with van der Waals surface area (Å²) in [6.45, 7) is 5.76. The Labute approximate surface area is 277 Å². The number of hydrogen-bond donors (Lipinski definition) is 4. The molecule has 2 bridgehead atoms. The lowest BCUT2D eigenvalue weighted by Crippen LogP contribution is -2.54. The van der Waals surface area contributed by atoms with Gasteiger partial charge in [-0.05, 0) is 98.9 Å². The van der Waals surface area contributed by atoms with Gasteiger partial charge in [0, 0.05) is 49.0 Å². The number of aliphatic hydroxyl groups is 4. The standard InChI is InChI=1S/C38H51NO6S/c1-26-8-6-16-37(2)33(15-17-38(37,44)25-39(18-7-19-45-3)23-30(42)24-40)31-14-12-27(20-29(41)13-11-26)21-32(31)36(43)35-22-28-9-4-5-10-34(28)46-35/h4-5,8-10,12,14,21-22,29-30,33,40-42,44H,6-7,11,13,15-20,23-25H2,1-3H3. The van der Waals surface area contributed by atoms with Gasteiger partial charge in [-0.2, -0.15) is 0 Å². The molecule has 7 nitrogen and oxygen atoms in total. The van der Waals surface area contributed by atoms with Crippen molar-refractivity contribution in [3.8, 4) is 0 Å². The molecular weight excluding hydrogens is 598 g/mol. The first-order valence-electron chi connectivity index (χ1n) is 16.8. The van der Waals surface area contributed by atoms with Gasteiger partial charge < -0.3 is 25.2 Å². The average molecular weight is 650 g/mol. The third-order valence-electron chi connectivity index (χ3n) is 10.6. The largest absolute Gasteiger partial charge is 0.394 e. The highest BCUT2D eigenvalue weighted by atomic mass is 32.1. The van der Waals surface area contributed by atoms with Crippen molar-refractivity contribution in [3.63, 3.8) is 0 Å². The molecule has 2 aromatic carbocycles. The van der Waals surface area contributed by atoms with Crippen LogP contribution >= 0.6 is 11.3 Å². The van der Waals surface area contributed by atoms with Gasteiger partial charge in [-0.3, -0.25) is 9.69 Å². The zero-order valence-electron chi connectivity index (χ0n) is 27.6. The van der Waals surface area contributed by atoms with Crippen molar-refractivity contribution in [2.75, 3.05) is 40.0 Å². The van der Waals surface area contributed by atoms with E-state index in [1.165, 1.54) is 16.9 Å². The molecule has 6 rings (SSSR count). The van der Waals surface area contributed by atoms with Gasteiger partial charge in [0.05, 0.1) is 29.3 Å². The summed E-state index contributed by atoms with van der Waals surface area (Å²) in [5, 5.41) is 44.7. The molecule has 1 fully saturated rings. The average Bonchev–Trinajstić information content (AvgIpc) is 3.58. The molecule has 1 aromatic heterocycles. The zero-order valence-corrected chi connectivity index (χ0v) is 28.4. The lowest BCUT2D eigenvalue weighted by Gasteiger charge is -2.46. The topological polar surface area (TPSA) is 110 Å². The summed E-state index contributed by atoms with van der Waals surface area (Å²) >= 11 is 1.51. The van der Waals surface area contributed by atoms with Gasteiger partial charge in [-0.25, -0.2) is 0 Å². The van der Waals surface area contributed by atoms with Crippen molar-refractivity contribution >= 4 is 27.2 Å². The van der Waals surface area contributed by atoms with Gasteiger partial charge in [-0.15, -0.1) is 11.3 Å². The Hall–Kier alpha value is -2.43. The molecule has 3 aliphatic carbocycles. The van der Waals surface area contributed by atoms with E-state index in [4.69, 9.17) is 4.74 Å². The number of rotatable bonds is 11. The summed E-state index contributed by atoms with van der Waals surface area (Å²) < 4.78 is 6.36. The van der Waals surface area contributed by atoms with Gasteiger partial charge in [0.1, 0.15) is 0 Å². The summed E-state index contributed by atoms with van der Waals surface area (Å²) in [4.78, 5) is 17.2. The minimum Gasteiger partial charge on any atom is -0.394 e. The summed E-state index contributed by atoms with van der Waals surface area (Å²) in [5.74, 6) is -0.0922. The summed E-state index contributed by atoms with van der Waals surface area (Å²) in [7, 11) is 1.66. The number of allylic oxidation sites excluding steroid dienone is 2. The number of methoxy groups -OCH3 is 1. The van der Waals surface area contributed by atoms with Crippen LogP contribution in [-0.2, 0) is 11.2 Å². The number of benzene rings is 2. The third-order valence-corrected chi connectivity index (χ3v) is 11.7. The Kier molecular flexibility index (Phi) is 11.5. The van der Waals surface area contributed by atoms with Crippen molar-refractivity contribution < 1.29 is 30.0 Å². The van der Waals surface area contributed by atoms with Gasteiger partial charge in [0.15, 0.2) is 0 Å². The smallest absolute Gasteiger partial charge is 0.203 e. The number of hydrogen-bond acceptors (Lipinski definition) is 8. The van der Waals surface area contributed by atoms with Crippen LogP contribution in [0.2, 0.25) is 0 Å². The van der Waals surface area contributed by atoms with Crippen molar-refractivity contribution in [2.24, 2.45) is 5.41 Å². The number of carbonyl (C=O) groups excluding carboxylic acids is 1. The zero-order chi connectivity index (χ0) is 32.9. The maximum Gasteiger partial charge on any atom is 0.203 e. The number of ketones is 1. The fraction of sp³-hybridized carbons (Fsp3) is 0.553. The van der Waals surface area contributed by atoms with Crippen LogP contribution in [0.3, 0.4) is 0 Å². The number of ether oxygens (including phenoxy) is 1. The summed E-state index contributed by atoms with van der Waals surface area (Å²) in [6.07, 6.45) is 6.30. The van der Waals surface area contributed by atoms with Crippen LogP contribution in [0.15, 0.2) is 60.2 Å². The molecule has 1 saturated carbocycles. The van der Waals surface area contributed by atoms with Crippen molar-refractivity contribution in [1.29, 1.82) is 0 Å². The number of nitrogens with zero attached hydrogens (tertiary/aromatic N) is 1. The predicted molar refractivity (Wildman–Crippen MR) is 185 cm³/mol. The molecule has 250 valence electrons. The molecule has 5 unspecified atom stereocenters. The Morgan fingerprint density at radius 1 is 1.15 bits per heavy atom. The molecule has 3 aromatic rings. The van der Waals surface area contributed by atoms with Crippen LogP contribution in [0, 0.1) is 5.41 Å². The van der Waals surface area contributed by atoms with Crippen molar-refractivity contribution in [3.05, 3.63) is 81.7 Å². The van der Waals surface area contributed by atoms with Crippen LogP contribution in [0.25, 0.3) is 10.1 Å². The van der Waals surface area contributed by atoms with E-state index < -0.39 is 23.2 Å². The van der Waals surface area contributed by atoms with E-state index in [1.807, 2.05) is 36.4 Å². The van der Waals surface area contributed by atoms with Crippen LogP contribution in [0.1, 0.15) is 91.1 Å². The van der Waals surface area contributed by atoms with Crippen molar-refractivity contribution in [2.45, 2.75) is 88.9 Å². The van der Waals surface area contributed by atoms with Gasteiger partial charge in [0.2, 0.25) is 5.78 Å². The molecule has 1 heterocycles. The van der Waals surface area contributed by atoms with E-state index in [0.29, 0.717) is 49.4 Å². The molecule has 0 saturated heterocycles. The molecule has 0 spiro atoms. The van der Waals surface area contributed by atoms with Gasteiger partial charge in [0.25, 0.3) is 0 Å². The quantitative estimate of drug-likeness (QED) is 0.117. The molecule has 0 amide bonds. The number of aliphatic hydroxyl groups excluding tert-OH is 3. The first-order chi connectivity index (χ1) is 22.1. The van der Waals surface area contributed by atoms with E-state index in [2.05, 4.69) is 37.0 Å². The van der Waals surface area contributed by atoms with Crippen LogP contribution in [0.4, 0.5) is 0 Å². The SMILES string of the molecule is COCCCN(CC(O)CO)CC1(O)CCC2c3ccc(cc3C(=O)c3cc4ccccc4s3)CC(O)CCC(C)=CCCC21C. The van der Waals surface area contributed by atoms with Crippen LogP contribution in [0.5, 0.6) is 0 Å². The fourth-order valence-corrected chi connectivity index (χ4v) is 8.83. The Morgan fingerprint density at radius 2 is 1.96 bits per heavy atom. The normalized spacial score (nSPS) is 26.2. The summed E-state index contributed by atoms with van der Waals surface area (Å²) in [5.41, 5.74) is 2.13. The van der Waals surface area contributed by atoms with Crippen molar-refractivity contribution in [1.82, 2.24) is 4.90 Å². The highest BCUT2D eigenvalue weighted by Gasteiger charge is 2.57. The minimum absolute atomic E-state index is 0.0135. The fourth-order valence-electron chi connectivity index (χ4n) is 7.82. The van der Waals surface area contributed by atoms with Crippen LogP contribution in [-0.4, -0.2) is 88.9 Å². The maximum atomic E-state index is 14.4. The lowest BCUT2D eigenvalue weighted by molar-refractivity contribution is -0.0898. The van der Waals surface area contributed by atoms with Gasteiger partial charge in [-0.1, -0.05) is 48.9 Å². The monoisotopic (exact) mass is 649 g/mol. The molecular formula is C38H51NO6S. The highest BCUT2D eigenvalue weighted by molar-refractivity contribution is 7.21. The first-order valence-corrected chi connectivity index (χ1v) is 17.6. The molecule has 8 heteroatoms. The van der Waals surface area contributed by atoms with E-state index in [-0.39, 0.29) is 24.9 Å².